The second kappa shape index (κ2) is 7.24. The fraction of sp³-hybridized carbons (Fsp3) is 1.00. The van der Waals surface area contributed by atoms with Gasteiger partial charge in [0, 0.05) is 0 Å². The predicted octanol–water partition coefficient (Wildman–Crippen LogP) is 2.14. The molecule has 0 bridgehead atoms. The maximum atomic E-state index is 5.86. The van der Waals surface area contributed by atoms with Gasteiger partial charge in [-0.2, -0.15) is 0 Å². The normalized spacial score (nSPS) is 21.9. The molecule has 1 aliphatic carbocycles. The Morgan fingerprint density at radius 3 is 2.36 bits per heavy atom. The molecule has 1 atom stereocenters. The molecule has 0 aromatic rings. The van der Waals surface area contributed by atoms with E-state index in [1.54, 1.807) is 0 Å². The molecule has 2 heteroatoms. The molecule has 0 heterocycles. The number of nitrogens with two attached hydrogens (primary N) is 1. The molecule has 0 aliphatic heterocycles. The zero-order valence-corrected chi connectivity index (χ0v) is 9.60. The van der Waals surface area contributed by atoms with E-state index in [0.717, 1.165) is 25.6 Å². The standard InChI is InChI=1S/C12H26N2/c1-2-14-10-12(9-13)11-7-5-3-4-6-8-11/h11-12,14H,2-10,13H2,1H3. The molecule has 0 aromatic heterocycles. The van der Waals surface area contributed by atoms with Crippen LogP contribution in [0, 0.1) is 11.8 Å². The van der Waals surface area contributed by atoms with Gasteiger partial charge in [0.15, 0.2) is 0 Å². The van der Waals surface area contributed by atoms with Gasteiger partial charge in [-0.05, 0) is 31.5 Å². The maximum absolute atomic E-state index is 5.86. The van der Waals surface area contributed by atoms with Crippen LogP contribution in [0.5, 0.6) is 0 Å². The molecule has 2 nitrogen and oxygen atoms in total. The lowest BCUT2D eigenvalue weighted by molar-refractivity contribution is 0.295. The summed E-state index contributed by atoms with van der Waals surface area (Å²) in [5.74, 6) is 1.61. The van der Waals surface area contributed by atoms with Gasteiger partial charge in [0.1, 0.15) is 0 Å². The first-order valence-corrected chi connectivity index (χ1v) is 6.29. The highest BCUT2D eigenvalue weighted by atomic mass is 14.9. The first kappa shape index (κ1) is 12.0. The van der Waals surface area contributed by atoms with Gasteiger partial charge in [0.25, 0.3) is 0 Å². The summed E-state index contributed by atoms with van der Waals surface area (Å²) in [5, 5.41) is 3.44. The van der Waals surface area contributed by atoms with Crippen LogP contribution >= 0.6 is 0 Å². The number of hydrogen-bond acceptors (Lipinski definition) is 2. The number of nitrogens with one attached hydrogen (secondary N) is 1. The molecule has 1 unspecified atom stereocenters. The fourth-order valence-corrected chi connectivity index (χ4v) is 2.55. The zero-order chi connectivity index (χ0) is 10.2. The second-order valence-electron chi connectivity index (χ2n) is 4.56. The summed E-state index contributed by atoms with van der Waals surface area (Å²) in [6.45, 7) is 5.22. The highest BCUT2D eigenvalue weighted by Crippen LogP contribution is 2.28. The fourth-order valence-electron chi connectivity index (χ4n) is 2.55. The molecular formula is C12H26N2. The van der Waals surface area contributed by atoms with Crippen molar-refractivity contribution >= 4 is 0 Å². The third kappa shape index (κ3) is 3.97. The Morgan fingerprint density at radius 2 is 1.86 bits per heavy atom. The van der Waals surface area contributed by atoms with E-state index in [0.29, 0.717) is 5.92 Å². The Hall–Kier alpha value is -0.0800. The van der Waals surface area contributed by atoms with E-state index in [4.69, 9.17) is 5.73 Å². The van der Waals surface area contributed by atoms with Crippen molar-refractivity contribution in [2.45, 2.75) is 45.4 Å². The van der Waals surface area contributed by atoms with Gasteiger partial charge in [-0.1, -0.05) is 45.4 Å². The van der Waals surface area contributed by atoms with E-state index in [9.17, 15) is 0 Å². The topological polar surface area (TPSA) is 38.0 Å². The molecule has 1 saturated carbocycles. The lowest BCUT2D eigenvalue weighted by Crippen LogP contribution is -2.33. The van der Waals surface area contributed by atoms with Crippen molar-refractivity contribution in [1.82, 2.24) is 5.32 Å². The van der Waals surface area contributed by atoms with E-state index >= 15 is 0 Å². The Labute approximate surface area is 88.6 Å². The summed E-state index contributed by atoms with van der Waals surface area (Å²) in [5.41, 5.74) is 5.86. The van der Waals surface area contributed by atoms with Crippen molar-refractivity contribution in [3.8, 4) is 0 Å². The average molecular weight is 198 g/mol. The summed E-state index contributed by atoms with van der Waals surface area (Å²) < 4.78 is 0. The Morgan fingerprint density at radius 1 is 1.21 bits per heavy atom. The van der Waals surface area contributed by atoms with Gasteiger partial charge in [-0.15, -0.1) is 0 Å². The van der Waals surface area contributed by atoms with Crippen molar-refractivity contribution < 1.29 is 0 Å². The lowest BCUT2D eigenvalue weighted by Gasteiger charge is -2.25. The summed E-state index contributed by atoms with van der Waals surface area (Å²) in [6, 6.07) is 0. The predicted molar refractivity (Wildman–Crippen MR) is 62.3 cm³/mol. The van der Waals surface area contributed by atoms with Gasteiger partial charge in [0.2, 0.25) is 0 Å². The van der Waals surface area contributed by atoms with Crippen LogP contribution < -0.4 is 11.1 Å². The lowest BCUT2D eigenvalue weighted by atomic mass is 9.86. The molecule has 0 radical (unpaired) electrons. The summed E-state index contributed by atoms with van der Waals surface area (Å²) in [6.07, 6.45) is 8.55. The van der Waals surface area contributed by atoms with Gasteiger partial charge >= 0.3 is 0 Å². The molecule has 1 fully saturated rings. The average Bonchev–Trinajstić information content (AvgIpc) is 2.48. The molecule has 0 saturated heterocycles. The Kier molecular flexibility index (Phi) is 6.20. The first-order valence-electron chi connectivity index (χ1n) is 6.29. The number of rotatable bonds is 5. The van der Waals surface area contributed by atoms with E-state index in [2.05, 4.69) is 12.2 Å². The van der Waals surface area contributed by atoms with Crippen molar-refractivity contribution in [1.29, 1.82) is 0 Å². The van der Waals surface area contributed by atoms with Gasteiger partial charge in [-0.25, -0.2) is 0 Å². The second-order valence-corrected chi connectivity index (χ2v) is 4.56. The van der Waals surface area contributed by atoms with E-state index in [1.165, 1.54) is 38.5 Å². The minimum absolute atomic E-state index is 0.716. The van der Waals surface area contributed by atoms with Gasteiger partial charge in [0.05, 0.1) is 0 Å². The van der Waals surface area contributed by atoms with E-state index < -0.39 is 0 Å². The molecule has 1 aliphatic rings. The quantitative estimate of drug-likeness (QED) is 0.664. The molecule has 14 heavy (non-hydrogen) atoms. The highest BCUT2D eigenvalue weighted by Gasteiger charge is 2.20. The molecule has 1 rings (SSSR count). The molecule has 0 spiro atoms. The monoisotopic (exact) mass is 198 g/mol. The summed E-state index contributed by atoms with van der Waals surface area (Å²) in [4.78, 5) is 0. The largest absolute Gasteiger partial charge is 0.330 e. The van der Waals surface area contributed by atoms with Gasteiger partial charge in [-0.3, -0.25) is 0 Å². The first-order chi connectivity index (χ1) is 6.88. The number of hydrogen-bond donors (Lipinski definition) is 2. The Balaban J connectivity index is 2.32. The van der Waals surface area contributed by atoms with Crippen LogP contribution in [0.2, 0.25) is 0 Å². The van der Waals surface area contributed by atoms with Crippen molar-refractivity contribution in [3.63, 3.8) is 0 Å². The summed E-state index contributed by atoms with van der Waals surface area (Å²) >= 11 is 0. The Bertz CT molecular complexity index is 128. The molecule has 0 amide bonds. The van der Waals surface area contributed by atoms with E-state index in [-0.39, 0.29) is 0 Å². The molecule has 0 aromatic carbocycles. The van der Waals surface area contributed by atoms with Crippen molar-refractivity contribution in [2.24, 2.45) is 17.6 Å². The SMILES string of the molecule is CCNCC(CN)C1CCCCCC1. The van der Waals surface area contributed by atoms with Gasteiger partial charge < -0.3 is 11.1 Å². The van der Waals surface area contributed by atoms with Crippen LogP contribution in [-0.2, 0) is 0 Å². The molecule has 84 valence electrons. The highest BCUT2D eigenvalue weighted by molar-refractivity contribution is 4.75. The molecular weight excluding hydrogens is 172 g/mol. The van der Waals surface area contributed by atoms with Crippen LogP contribution in [0.1, 0.15) is 45.4 Å². The minimum Gasteiger partial charge on any atom is -0.330 e. The van der Waals surface area contributed by atoms with Crippen LogP contribution in [0.15, 0.2) is 0 Å². The minimum atomic E-state index is 0.716. The zero-order valence-electron chi connectivity index (χ0n) is 9.60. The van der Waals surface area contributed by atoms with E-state index in [1.807, 2.05) is 0 Å². The summed E-state index contributed by atoms with van der Waals surface area (Å²) in [7, 11) is 0. The maximum Gasteiger partial charge on any atom is -0.000591 e. The van der Waals surface area contributed by atoms with Crippen molar-refractivity contribution in [2.75, 3.05) is 19.6 Å². The van der Waals surface area contributed by atoms with Crippen LogP contribution in [0.3, 0.4) is 0 Å². The van der Waals surface area contributed by atoms with Crippen LogP contribution in [0.25, 0.3) is 0 Å². The molecule has 3 N–H and O–H groups in total. The smallest absolute Gasteiger partial charge is 0.000591 e. The third-order valence-corrected chi connectivity index (χ3v) is 3.53. The van der Waals surface area contributed by atoms with Crippen LogP contribution in [-0.4, -0.2) is 19.6 Å². The van der Waals surface area contributed by atoms with Crippen molar-refractivity contribution in [3.05, 3.63) is 0 Å². The van der Waals surface area contributed by atoms with Crippen LogP contribution in [0.4, 0.5) is 0 Å². The third-order valence-electron chi connectivity index (χ3n) is 3.53.